The van der Waals surface area contributed by atoms with Crippen LogP contribution in [-0.4, -0.2) is 34.3 Å². The van der Waals surface area contributed by atoms with Crippen LogP contribution in [0.5, 0.6) is 0 Å². The third-order valence-corrected chi connectivity index (χ3v) is 6.69. The summed E-state index contributed by atoms with van der Waals surface area (Å²) >= 11 is 7.60. The summed E-state index contributed by atoms with van der Waals surface area (Å²) in [4.78, 5) is 14.0. The van der Waals surface area contributed by atoms with Crippen molar-refractivity contribution in [2.75, 3.05) is 0 Å². The highest BCUT2D eigenvalue weighted by Crippen LogP contribution is 2.41. The van der Waals surface area contributed by atoms with E-state index in [2.05, 4.69) is 25.1 Å². The molecular formula is C22H14ClF2N7S. The van der Waals surface area contributed by atoms with Crippen molar-refractivity contribution in [1.82, 2.24) is 34.3 Å². The third kappa shape index (κ3) is 3.17. The zero-order valence-electron chi connectivity index (χ0n) is 17.1. The molecule has 0 amide bonds. The van der Waals surface area contributed by atoms with Crippen molar-refractivity contribution in [1.29, 1.82) is 0 Å². The molecular weight excluding hydrogens is 468 g/mol. The zero-order valence-corrected chi connectivity index (χ0v) is 18.6. The molecule has 0 saturated heterocycles. The lowest BCUT2D eigenvalue weighted by atomic mass is 10.0. The largest absolute Gasteiger partial charge is 0.280 e. The summed E-state index contributed by atoms with van der Waals surface area (Å²) in [6.45, 7) is 2.62. The van der Waals surface area contributed by atoms with Crippen molar-refractivity contribution in [3.8, 4) is 22.6 Å². The molecule has 0 aliphatic rings. The van der Waals surface area contributed by atoms with Gasteiger partial charge in [0.1, 0.15) is 21.6 Å². The quantitative estimate of drug-likeness (QED) is 0.307. The molecule has 0 N–H and O–H groups in total. The molecule has 6 rings (SSSR count). The summed E-state index contributed by atoms with van der Waals surface area (Å²) < 4.78 is 31.2. The van der Waals surface area contributed by atoms with Gasteiger partial charge in [-0.3, -0.25) is 4.68 Å². The second-order valence-corrected chi connectivity index (χ2v) is 8.76. The van der Waals surface area contributed by atoms with Gasteiger partial charge >= 0.3 is 0 Å². The molecule has 164 valence electrons. The van der Waals surface area contributed by atoms with Crippen molar-refractivity contribution in [3.63, 3.8) is 0 Å². The van der Waals surface area contributed by atoms with E-state index in [1.807, 2.05) is 37.3 Å². The maximum absolute atomic E-state index is 13.6. The van der Waals surface area contributed by atoms with E-state index in [-0.39, 0.29) is 5.69 Å². The summed E-state index contributed by atoms with van der Waals surface area (Å²) in [7, 11) is 0. The Hall–Kier alpha value is -3.50. The van der Waals surface area contributed by atoms with Gasteiger partial charge in [0.15, 0.2) is 11.3 Å². The summed E-state index contributed by atoms with van der Waals surface area (Å²) in [6, 6.07) is 10.8. The van der Waals surface area contributed by atoms with Gasteiger partial charge in [-0.25, -0.2) is 28.2 Å². The minimum atomic E-state index is -2.69. The van der Waals surface area contributed by atoms with E-state index in [9.17, 15) is 8.78 Å². The SMILES string of the molecule is CCn1cc(Cl)c(-c2nc3c4sc5nc(C(F)F)cc(-c6ccccc6)c5c4ncn3n2)n1. The fraction of sp³-hybridized carbons (Fsp3) is 0.136. The molecule has 33 heavy (non-hydrogen) atoms. The molecule has 5 aromatic heterocycles. The van der Waals surface area contributed by atoms with Crippen molar-refractivity contribution in [3.05, 3.63) is 59.6 Å². The van der Waals surface area contributed by atoms with E-state index in [0.29, 0.717) is 54.7 Å². The van der Waals surface area contributed by atoms with Crippen LogP contribution in [0.1, 0.15) is 19.0 Å². The molecule has 0 atom stereocenters. The molecule has 0 aliphatic carbocycles. The minimum Gasteiger partial charge on any atom is -0.271 e. The number of aromatic nitrogens is 7. The van der Waals surface area contributed by atoms with E-state index < -0.39 is 6.43 Å². The Bertz CT molecular complexity index is 1660. The van der Waals surface area contributed by atoms with E-state index in [4.69, 9.17) is 11.6 Å². The van der Waals surface area contributed by atoms with Gasteiger partial charge < -0.3 is 0 Å². The first-order valence-electron chi connectivity index (χ1n) is 10.1. The van der Waals surface area contributed by atoms with Gasteiger partial charge in [0.2, 0.25) is 5.82 Å². The normalized spacial score (nSPS) is 12.0. The van der Waals surface area contributed by atoms with Crippen LogP contribution in [0.15, 0.2) is 48.9 Å². The molecule has 0 radical (unpaired) electrons. The number of thiophene rings is 1. The van der Waals surface area contributed by atoms with Gasteiger partial charge in [-0.15, -0.1) is 16.4 Å². The van der Waals surface area contributed by atoms with Crippen LogP contribution in [0, 0.1) is 0 Å². The van der Waals surface area contributed by atoms with Crippen molar-refractivity contribution >= 4 is 49.0 Å². The number of fused-ring (bicyclic) bond motifs is 5. The number of aryl methyl sites for hydroxylation is 1. The van der Waals surface area contributed by atoms with Crippen LogP contribution in [0.4, 0.5) is 8.78 Å². The van der Waals surface area contributed by atoms with Gasteiger partial charge in [-0.05, 0) is 24.1 Å². The molecule has 5 heterocycles. The van der Waals surface area contributed by atoms with Crippen LogP contribution in [0.25, 0.3) is 48.7 Å². The summed E-state index contributed by atoms with van der Waals surface area (Å²) in [5.41, 5.74) is 2.84. The van der Waals surface area contributed by atoms with Crippen LogP contribution < -0.4 is 0 Å². The molecule has 7 nitrogen and oxygen atoms in total. The first-order chi connectivity index (χ1) is 16.0. The molecule has 0 unspecified atom stereocenters. The van der Waals surface area contributed by atoms with E-state index in [0.717, 1.165) is 5.56 Å². The van der Waals surface area contributed by atoms with Crippen molar-refractivity contribution in [2.45, 2.75) is 19.9 Å². The maximum Gasteiger partial charge on any atom is 0.280 e. The number of rotatable bonds is 4. The number of hydrogen-bond acceptors (Lipinski definition) is 6. The monoisotopic (exact) mass is 481 g/mol. The molecule has 0 fully saturated rings. The molecule has 11 heteroatoms. The van der Waals surface area contributed by atoms with Crippen LogP contribution >= 0.6 is 22.9 Å². The smallest absolute Gasteiger partial charge is 0.271 e. The van der Waals surface area contributed by atoms with Gasteiger partial charge in [0, 0.05) is 18.1 Å². The summed E-state index contributed by atoms with van der Waals surface area (Å²) in [5.74, 6) is 0.364. The highest BCUT2D eigenvalue weighted by Gasteiger charge is 2.22. The number of hydrogen-bond donors (Lipinski definition) is 0. The van der Waals surface area contributed by atoms with Crippen LogP contribution in [0.3, 0.4) is 0 Å². The number of pyridine rings is 1. The lowest BCUT2D eigenvalue weighted by Gasteiger charge is -2.07. The highest BCUT2D eigenvalue weighted by atomic mass is 35.5. The maximum atomic E-state index is 13.6. The van der Waals surface area contributed by atoms with E-state index in [1.54, 1.807) is 21.7 Å². The first kappa shape index (κ1) is 20.1. The average molecular weight is 482 g/mol. The van der Waals surface area contributed by atoms with Crippen LogP contribution in [-0.2, 0) is 6.54 Å². The minimum absolute atomic E-state index is 0.275. The van der Waals surface area contributed by atoms with Crippen LogP contribution in [0.2, 0.25) is 5.02 Å². The predicted octanol–water partition coefficient (Wildman–Crippen LogP) is 6.03. The predicted molar refractivity (Wildman–Crippen MR) is 124 cm³/mol. The number of nitrogens with zero attached hydrogens (tertiary/aromatic N) is 7. The highest BCUT2D eigenvalue weighted by molar-refractivity contribution is 7.26. The second-order valence-electron chi connectivity index (χ2n) is 7.35. The van der Waals surface area contributed by atoms with Gasteiger partial charge in [0.05, 0.1) is 10.5 Å². The lowest BCUT2D eigenvalue weighted by molar-refractivity contribution is 0.146. The standard InChI is InChI=1S/C22H14ClF2N7S/c1-2-31-9-13(23)16(29-31)20-28-21-18-17(26-10-32(21)30-20)15-12(11-6-4-3-5-7-11)8-14(19(24)25)27-22(15)33-18/h3-10,19H,2H2,1H3. The van der Waals surface area contributed by atoms with Gasteiger partial charge in [-0.1, -0.05) is 41.9 Å². The third-order valence-electron chi connectivity index (χ3n) is 5.35. The fourth-order valence-electron chi connectivity index (χ4n) is 3.82. The van der Waals surface area contributed by atoms with E-state index >= 15 is 0 Å². The Morgan fingerprint density at radius 1 is 1.12 bits per heavy atom. The van der Waals surface area contributed by atoms with Gasteiger partial charge in [0.25, 0.3) is 6.43 Å². The Balaban J connectivity index is 1.65. The molecule has 6 aromatic rings. The lowest BCUT2D eigenvalue weighted by Crippen LogP contribution is -1.94. The zero-order chi connectivity index (χ0) is 22.7. The molecule has 0 spiro atoms. The Morgan fingerprint density at radius 2 is 1.94 bits per heavy atom. The Kier molecular flexibility index (Phi) is 4.59. The molecule has 1 aromatic carbocycles. The number of benzene rings is 1. The second kappa shape index (κ2) is 7.53. The summed E-state index contributed by atoms with van der Waals surface area (Å²) in [6.07, 6.45) is 0.587. The number of alkyl halides is 2. The fourth-order valence-corrected chi connectivity index (χ4v) is 5.19. The van der Waals surface area contributed by atoms with Gasteiger partial charge in [-0.2, -0.15) is 5.10 Å². The van der Waals surface area contributed by atoms with Crippen molar-refractivity contribution < 1.29 is 8.78 Å². The van der Waals surface area contributed by atoms with Crippen molar-refractivity contribution in [2.24, 2.45) is 0 Å². The Morgan fingerprint density at radius 3 is 2.67 bits per heavy atom. The molecule has 0 aliphatic heterocycles. The molecule has 0 saturated carbocycles. The average Bonchev–Trinajstić information content (AvgIpc) is 3.52. The number of halogens is 3. The first-order valence-corrected chi connectivity index (χ1v) is 11.3. The Labute approximate surface area is 194 Å². The molecule has 0 bridgehead atoms. The van der Waals surface area contributed by atoms with E-state index in [1.165, 1.54) is 17.4 Å². The topological polar surface area (TPSA) is 73.8 Å². The summed E-state index contributed by atoms with van der Waals surface area (Å²) in [5, 5.41) is 10.1.